The Morgan fingerprint density at radius 2 is 2.00 bits per heavy atom. The maximum absolute atomic E-state index is 11.0. The molecule has 0 aromatic heterocycles. The van der Waals surface area contributed by atoms with E-state index in [0.717, 1.165) is 0 Å². The molecule has 1 amide bonds. The van der Waals surface area contributed by atoms with E-state index in [9.17, 15) is 14.7 Å². The number of carboxylic acids is 1. The Labute approximate surface area is 76.0 Å². The fraction of sp³-hybridized carbons (Fsp3) is 0.750. The number of hydrogen-bond donors (Lipinski definition) is 2. The van der Waals surface area contributed by atoms with E-state index in [1.54, 1.807) is 0 Å². The first-order valence-electron chi connectivity index (χ1n) is 4.20. The van der Waals surface area contributed by atoms with Crippen molar-refractivity contribution in [2.75, 3.05) is 6.54 Å². The minimum Gasteiger partial charge on any atom is -0.480 e. The minimum atomic E-state index is -0.998. The molecule has 13 heavy (non-hydrogen) atoms. The smallest absolute Gasteiger partial charge is 0.326 e. The molecule has 0 radical (unpaired) electrons. The predicted octanol–water partition coefficient (Wildman–Crippen LogP) is -0.557. The van der Waals surface area contributed by atoms with Crippen LogP contribution in [0.4, 0.5) is 0 Å². The van der Waals surface area contributed by atoms with Gasteiger partial charge in [-0.3, -0.25) is 4.79 Å². The summed E-state index contributed by atoms with van der Waals surface area (Å²) in [5.74, 6) is -1.30. The molecule has 2 N–H and O–H groups in total. The fourth-order valence-electron chi connectivity index (χ4n) is 1.56. The van der Waals surface area contributed by atoms with Crippen LogP contribution >= 0.6 is 0 Å². The second-order valence-corrected chi connectivity index (χ2v) is 3.26. The number of amides is 1. The quantitative estimate of drug-likeness (QED) is 0.577. The Bertz CT molecular complexity index is 228. The van der Waals surface area contributed by atoms with Gasteiger partial charge in [0.05, 0.1) is 6.10 Å². The van der Waals surface area contributed by atoms with Gasteiger partial charge >= 0.3 is 5.97 Å². The largest absolute Gasteiger partial charge is 0.480 e. The van der Waals surface area contributed by atoms with Crippen LogP contribution in [-0.2, 0) is 9.59 Å². The Morgan fingerprint density at radius 1 is 1.38 bits per heavy atom. The maximum atomic E-state index is 11.0. The van der Waals surface area contributed by atoms with E-state index < -0.39 is 18.1 Å². The van der Waals surface area contributed by atoms with E-state index in [1.165, 1.54) is 11.8 Å². The monoisotopic (exact) mass is 187 g/mol. The summed E-state index contributed by atoms with van der Waals surface area (Å²) in [5.41, 5.74) is 0. The van der Waals surface area contributed by atoms with Crippen molar-refractivity contribution >= 4 is 11.9 Å². The SMILES string of the molecule is CC(=O)N1C[C@@H](O)CCC1C(=O)O. The van der Waals surface area contributed by atoms with E-state index in [1.807, 2.05) is 0 Å². The maximum Gasteiger partial charge on any atom is 0.326 e. The van der Waals surface area contributed by atoms with Crippen LogP contribution < -0.4 is 0 Å². The first-order chi connectivity index (χ1) is 6.02. The average Bonchev–Trinajstić information content (AvgIpc) is 2.03. The molecular weight excluding hydrogens is 174 g/mol. The van der Waals surface area contributed by atoms with Crippen molar-refractivity contribution in [1.82, 2.24) is 4.90 Å². The number of hydrogen-bond acceptors (Lipinski definition) is 3. The highest BCUT2D eigenvalue weighted by Gasteiger charge is 2.33. The second kappa shape index (κ2) is 3.74. The van der Waals surface area contributed by atoms with E-state index in [-0.39, 0.29) is 12.5 Å². The summed E-state index contributed by atoms with van der Waals surface area (Å²) in [7, 11) is 0. The van der Waals surface area contributed by atoms with Gasteiger partial charge in [-0.25, -0.2) is 4.79 Å². The Balaban J connectivity index is 2.72. The Hall–Kier alpha value is -1.10. The van der Waals surface area contributed by atoms with Gasteiger partial charge < -0.3 is 15.1 Å². The van der Waals surface area contributed by atoms with E-state index in [4.69, 9.17) is 5.11 Å². The summed E-state index contributed by atoms with van der Waals surface area (Å²) in [6, 6.07) is -0.763. The molecular formula is C8H13NO4. The average molecular weight is 187 g/mol. The third-order valence-corrected chi connectivity index (χ3v) is 2.25. The summed E-state index contributed by atoms with van der Waals surface area (Å²) in [6.45, 7) is 1.44. The highest BCUT2D eigenvalue weighted by atomic mass is 16.4. The fourth-order valence-corrected chi connectivity index (χ4v) is 1.56. The molecule has 0 saturated carbocycles. The van der Waals surface area contributed by atoms with E-state index in [2.05, 4.69) is 0 Å². The van der Waals surface area contributed by atoms with Gasteiger partial charge in [-0.15, -0.1) is 0 Å². The van der Waals surface area contributed by atoms with Crippen molar-refractivity contribution in [1.29, 1.82) is 0 Å². The van der Waals surface area contributed by atoms with Gasteiger partial charge in [0, 0.05) is 13.5 Å². The zero-order valence-corrected chi connectivity index (χ0v) is 7.43. The van der Waals surface area contributed by atoms with Gasteiger partial charge in [0.15, 0.2) is 0 Å². The van der Waals surface area contributed by atoms with Gasteiger partial charge in [-0.05, 0) is 12.8 Å². The molecule has 0 aromatic carbocycles. The first-order valence-corrected chi connectivity index (χ1v) is 4.20. The number of likely N-dealkylation sites (tertiary alicyclic amines) is 1. The van der Waals surface area contributed by atoms with Crippen molar-refractivity contribution in [3.05, 3.63) is 0 Å². The van der Waals surface area contributed by atoms with Crippen LogP contribution in [0.5, 0.6) is 0 Å². The molecule has 1 aliphatic heterocycles. The summed E-state index contributed by atoms with van der Waals surface area (Å²) in [6.07, 6.45) is 0.191. The highest BCUT2D eigenvalue weighted by molar-refractivity contribution is 5.82. The van der Waals surface area contributed by atoms with Crippen LogP contribution in [0.2, 0.25) is 0 Å². The summed E-state index contributed by atoms with van der Waals surface area (Å²) in [4.78, 5) is 22.9. The zero-order chi connectivity index (χ0) is 10.0. The molecule has 1 heterocycles. The molecule has 2 atom stereocenters. The van der Waals surface area contributed by atoms with Gasteiger partial charge in [0.25, 0.3) is 0 Å². The van der Waals surface area contributed by atoms with Crippen LogP contribution in [0, 0.1) is 0 Å². The molecule has 0 aliphatic carbocycles. The molecule has 1 fully saturated rings. The number of piperidine rings is 1. The number of β-amino-alcohol motifs (C(OH)–C–C–N with tert-alkyl or cyclic N) is 1. The van der Waals surface area contributed by atoms with Crippen molar-refractivity contribution in [2.45, 2.75) is 31.9 Å². The second-order valence-electron chi connectivity index (χ2n) is 3.26. The summed E-state index contributed by atoms with van der Waals surface area (Å²) in [5, 5.41) is 18.0. The minimum absolute atomic E-state index is 0.131. The third kappa shape index (κ3) is 2.18. The topological polar surface area (TPSA) is 77.8 Å². The van der Waals surface area contributed by atoms with Crippen molar-refractivity contribution in [3.63, 3.8) is 0 Å². The predicted molar refractivity (Wildman–Crippen MR) is 44.1 cm³/mol. The van der Waals surface area contributed by atoms with Crippen molar-refractivity contribution in [3.8, 4) is 0 Å². The lowest BCUT2D eigenvalue weighted by molar-refractivity contribution is -0.153. The molecule has 0 bridgehead atoms. The summed E-state index contributed by atoms with van der Waals surface area (Å²) < 4.78 is 0. The number of carbonyl (C=O) groups excluding carboxylic acids is 1. The lowest BCUT2D eigenvalue weighted by Gasteiger charge is -2.34. The lowest BCUT2D eigenvalue weighted by Crippen LogP contribution is -2.51. The highest BCUT2D eigenvalue weighted by Crippen LogP contribution is 2.17. The van der Waals surface area contributed by atoms with Crippen LogP contribution in [0.25, 0.3) is 0 Å². The standard InChI is InChI=1S/C8H13NO4/c1-5(10)9-4-6(11)2-3-7(9)8(12)13/h6-7,11H,2-4H2,1H3,(H,12,13)/t6-,7?/m0/s1. The van der Waals surface area contributed by atoms with Crippen molar-refractivity contribution in [2.24, 2.45) is 0 Å². The molecule has 1 rings (SSSR count). The van der Waals surface area contributed by atoms with Crippen LogP contribution in [0.15, 0.2) is 0 Å². The van der Waals surface area contributed by atoms with E-state index in [0.29, 0.717) is 12.8 Å². The normalized spacial score (nSPS) is 28.6. The number of carboxylic acid groups (broad SMARTS) is 1. The third-order valence-electron chi connectivity index (χ3n) is 2.25. The number of nitrogens with zero attached hydrogens (tertiary/aromatic N) is 1. The number of aliphatic carboxylic acids is 1. The van der Waals surface area contributed by atoms with Gasteiger partial charge in [-0.2, -0.15) is 0 Å². The molecule has 74 valence electrons. The van der Waals surface area contributed by atoms with Crippen LogP contribution in [0.3, 0.4) is 0 Å². The molecule has 0 spiro atoms. The number of aliphatic hydroxyl groups excluding tert-OH is 1. The first kappa shape index (κ1) is 9.98. The molecule has 1 unspecified atom stereocenters. The molecule has 5 nitrogen and oxygen atoms in total. The number of carbonyl (C=O) groups is 2. The van der Waals surface area contributed by atoms with Gasteiger partial charge in [0.1, 0.15) is 6.04 Å². The lowest BCUT2D eigenvalue weighted by atomic mass is 10.0. The number of aliphatic hydroxyl groups is 1. The zero-order valence-electron chi connectivity index (χ0n) is 7.43. The Morgan fingerprint density at radius 3 is 2.46 bits per heavy atom. The van der Waals surface area contributed by atoms with Gasteiger partial charge in [-0.1, -0.05) is 0 Å². The van der Waals surface area contributed by atoms with Crippen molar-refractivity contribution < 1.29 is 19.8 Å². The Kier molecular flexibility index (Phi) is 2.87. The van der Waals surface area contributed by atoms with Crippen LogP contribution in [-0.4, -0.2) is 45.7 Å². The van der Waals surface area contributed by atoms with Gasteiger partial charge in [0.2, 0.25) is 5.91 Å². The molecule has 5 heteroatoms. The molecule has 1 aliphatic rings. The number of rotatable bonds is 1. The van der Waals surface area contributed by atoms with E-state index >= 15 is 0 Å². The molecule has 1 saturated heterocycles. The van der Waals surface area contributed by atoms with Crippen LogP contribution in [0.1, 0.15) is 19.8 Å². The molecule has 0 aromatic rings. The summed E-state index contributed by atoms with van der Waals surface area (Å²) >= 11 is 0.